The first-order valence-electron chi connectivity index (χ1n) is 8.65. The summed E-state index contributed by atoms with van der Waals surface area (Å²) in [5.41, 5.74) is 1.35. The first-order chi connectivity index (χ1) is 13.5. The highest BCUT2D eigenvalue weighted by Gasteiger charge is 2.21. The number of benzene rings is 1. The Bertz CT molecular complexity index is 859. The number of rotatable bonds is 6. The summed E-state index contributed by atoms with van der Waals surface area (Å²) in [4.78, 5) is 38.5. The number of carbonyl (C=O) groups is 2. The number of nitrogens with one attached hydrogen (secondary N) is 1. The smallest absolute Gasteiger partial charge is 0.340 e. The van der Waals surface area contributed by atoms with E-state index in [0.717, 1.165) is 18.8 Å². The zero-order chi connectivity index (χ0) is 20.1. The molecule has 9 nitrogen and oxygen atoms in total. The van der Waals surface area contributed by atoms with Crippen molar-refractivity contribution < 1.29 is 19.2 Å². The Morgan fingerprint density at radius 3 is 2.46 bits per heavy atom. The third kappa shape index (κ3) is 4.65. The number of hydrogen-bond acceptors (Lipinski definition) is 8. The number of nitrogens with zero attached hydrogens (tertiary/aromatic N) is 3. The molecule has 0 unspecified atom stereocenters. The zero-order valence-electron chi connectivity index (χ0n) is 15.3. The first-order valence-corrected chi connectivity index (χ1v) is 9.53. The normalized spacial score (nSPS) is 14.5. The second-order valence-corrected chi connectivity index (χ2v) is 7.16. The number of nitro groups is 1. The van der Waals surface area contributed by atoms with Crippen molar-refractivity contribution in [3.05, 3.63) is 51.4 Å². The van der Waals surface area contributed by atoms with Crippen LogP contribution in [0.5, 0.6) is 0 Å². The Hall–Kier alpha value is -2.98. The quantitative estimate of drug-likeness (QED) is 0.447. The van der Waals surface area contributed by atoms with Gasteiger partial charge in [0, 0.05) is 44.0 Å². The number of amides is 1. The van der Waals surface area contributed by atoms with Gasteiger partial charge in [0.1, 0.15) is 5.00 Å². The van der Waals surface area contributed by atoms with Crippen LogP contribution in [0.15, 0.2) is 35.7 Å². The fourth-order valence-electron chi connectivity index (χ4n) is 3.00. The first kappa shape index (κ1) is 19.8. The van der Waals surface area contributed by atoms with Crippen LogP contribution in [0.1, 0.15) is 10.4 Å². The number of esters is 1. The van der Waals surface area contributed by atoms with Gasteiger partial charge in [-0.15, -0.1) is 11.3 Å². The van der Waals surface area contributed by atoms with E-state index in [1.807, 2.05) is 4.90 Å². The van der Waals surface area contributed by atoms with Gasteiger partial charge in [0.2, 0.25) is 5.91 Å². The van der Waals surface area contributed by atoms with Crippen LogP contribution in [0, 0.1) is 10.1 Å². The maximum absolute atomic E-state index is 12.3. The predicted molar refractivity (Wildman–Crippen MR) is 106 cm³/mol. The minimum atomic E-state index is -0.478. The number of non-ortho nitro benzene ring substituents is 1. The Kier molecular flexibility index (Phi) is 6.22. The molecule has 2 heterocycles. The molecule has 1 N–H and O–H groups in total. The Morgan fingerprint density at radius 2 is 1.86 bits per heavy atom. The monoisotopic (exact) mass is 404 g/mol. The van der Waals surface area contributed by atoms with Crippen LogP contribution in [0.4, 0.5) is 16.4 Å². The molecule has 1 fully saturated rings. The number of ether oxygens (including phenoxy) is 1. The lowest BCUT2D eigenvalue weighted by Crippen LogP contribution is -2.48. The van der Waals surface area contributed by atoms with Crippen molar-refractivity contribution in [2.75, 3.05) is 50.1 Å². The number of carbonyl (C=O) groups excluding carboxylic acids is 2. The summed E-state index contributed by atoms with van der Waals surface area (Å²) in [6.07, 6.45) is 0. The minimum Gasteiger partial charge on any atom is -0.465 e. The molecule has 28 heavy (non-hydrogen) atoms. The summed E-state index contributed by atoms with van der Waals surface area (Å²) >= 11 is 1.28. The molecule has 1 aromatic carbocycles. The van der Waals surface area contributed by atoms with Crippen LogP contribution in [0.25, 0.3) is 0 Å². The van der Waals surface area contributed by atoms with Gasteiger partial charge in [0.25, 0.3) is 5.69 Å². The van der Waals surface area contributed by atoms with E-state index in [1.54, 1.807) is 23.6 Å². The van der Waals surface area contributed by atoms with Gasteiger partial charge < -0.3 is 15.0 Å². The molecule has 0 bridgehead atoms. The summed E-state index contributed by atoms with van der Waals surface area (Å²) in [6, 6.07) is 8.09. The molecule has 1 amide bonds. The van der Waals surface area contributed by atoms with Crippen molar-refractivity contribution in [1.82, 2.24) is 4.90 Å². The van der Waals surface area contributed by atoms with Crippen LogP contribution in [-0.4, -0.2) is 61.5 Å². The summed E-state index contributed by atoms with van der Waals surface area (Å²) in [6.45, 7) is 3.05. The molecule has 0 aliphatic carbocycles. The standard InChI is InChI=1S/C18H20N4O5S/c1-27-18(24)15-6-11-28-17(15)19-16(23)12-20-7-9-21(10-8-20)13-2-4-14(5-3-13)22(25)26/h2-6,11H,7-10,12H2,1H3,(H,19,23). The molecule has 1 aliphatic rings. The van der Waals surface area contributed by atoms with E-state index >= 15 is 0 Å². The Morgan fingerprint density at radius 1 is 1.18 bits per heavy atom. The summed E-state index contributed by atoms with van der Waals surface area (Å²) in [5, 5.41) is 15.7. The molecule has 2 aromatic rings. The van der Waals surface area contributed by atoms with Crippen molar-refractivity contribution in [3.63, 3.8) is 0 Å². The molecule has 148 valence electrons. The van der Waals surface area contributed by atoms with Crippen molar-refractivity contribution >= 4 is 39.6 Å². The maximum Gasteiger partial charge on any atom is 0.340 e. The van der Waals surface area contributed by atoms with Gasteiger partial charge in [-0.25, -0.2) is 4.79 Å². The van der Waals surface area contributed by atoms with Crippen molar-refractivity contribution in [2.45, 2.75) is 0 Å². The van der Waals surface area contributed by atoms with Gasteiger partial charge >= 0.3 is 5.97 Å². The van der Waals surface area contributed by atoms with E-state index in [2.05, 4.69) is 10.2 Å². The van der Waals surface area contributed by atoms with Gasteiger partial charge in [-0.05, 0) is 23.6 Å². The molecular formula is C18H20N4O5S. The lowest BCUT2D eigenvalue weighted by Gasteiger charge is -2.35. The Balaban J connectivity index is 1.50. The molecule has 0 radical (unpaired) electrons. The molecule has 10 heteroatoms. The number of methoxy groups -OCH3 is 1. The molecule has 1 aromatic heterocycles. The van der Waals surface area contributed by atoms with Crippen LogP contribution >= 0.6 is 11.3 Å². The molecule has 0 spiro atoms. The number of anilines is 2. The number of thiophene rings is 1. The predicted octanol–water partition coefficient (Wildman–Crippen LogP) is 2.20. The van der Waals surface area contributed by atoms with E-state index in [1.165, 1.54) is 30.6 Å². The fourth-order valence-corrected chi connectivity index (χ4v) is 3.79. The second kappa shape index (κ2) is 8.81. The number of nitro benzene ring substituents is 1. The highest BCUT2D eigenvalue weighted by atomic mass is 32.1. The van der Waals surface area contributed by atoms with Crippen LogP contribution in [-0.2, 0) is 9.53 Å². The van der Waals surface area contributed by atoms with Gasteiger partial charge in [-0.3, -0.25) is 19.8 Å². The molecular weight excluding hydrogens is 384 g/mol. The van der Waals surface area contributed by atoms with E-state index in [4.69, 9.17) is 4.74 Å². The topological polar surface area (TPSA) is 105 Å². The van der Waals surface area contributed by atoms with Crippen molar-refractivity contribution in [1.29, 1.82) is 0 Å². The molecule has 0 saturated carbocycles. The van der Waals surface area contributed by atoms with Gasteiger partial charge in [0.15, 0.2) is 0 Å². The summed E-state index contributed by atoms with van der Waals surface area (Å²) in [7, 11) is 1.30. The van der Waals surface area contributed by atoms with Crippen molar-refractivity contribution in [2.24, 2.45) is 0 Å². The number of piperazine rings is 1. The van der Waals surface area contributed by atoms with Crippen molar-refractivity contribution in [3.8, 4) is 0 Å². The van der Waals surface area contributed by atoms with E-state index < -0.39 is 10.9 Å². The SMILES string of the molecule is COC(=O)c1ccsc1NC(=O)CN1CCN(c2ccc([N+](=O)[O-])cc2)CC1. The number of hydrogen-bond donors (Lipinski definition) is 1. The molecule has 1 saturated heterocycles. The van der Waals surface area contributed by atoms with E-state index in [-0.39, 0.29) is 18.1 Å². The largest absolute Gasteiger partial charge is 0.465 e. The fraction of sp³-hybridized carbons (Fsp3) is 0.333. The molecule has 1 aliphatic heterocycles. The third-order valence-electron chi connectivity index (χ3n) is 4.49. The maximum atomic E-state index is 12.3. The lowest BCUT2D eigenvalue weighted by molar-refractivity contribution is -0.384. The lowest BCUT2D eigenvalue weighted by atomic mass is 10.2. The van der Waals surface area contributed by atoms with Gasteiger partial charge in [-0.2, -0.15) is 0 Å². The summed E-state index contributed by atoms with van der Waals surface area (Å²) in [5.74, 6) is -0.662. The molecule has 3 rings (SSSR count). The van der Waals surface area contributed by atoms with Gasteiger partial charge in [0.05, 0.1) is 24.1 Å². The average Bonchev–Trinajstić information content (AvgIpc) is 3.16. The van der Waals surface area contributed by atoms with Crippen LogP contribution < -0.4 is 10.2 Å². The van der Waals surface area contributed by atoms with Crippen LogP contribution in [0.3, 0.4) is 0 Å². The minimum absolute atomic E-state index is 0.0685. The summed E-state index contributed by atoms with van der Waals surface area (Å²) < 4.78 is 4.70. The van der Waals surface area contributed by atoms with E-state index in [9.17, 15) is 19.7 Å². The molecule has 0 atom stereocenters. The highest BCUT2D eigenvalue weighted by molar-refractivity contribution is 7.14. The Labute approximate surface area is 165 Å². The van der Waals surface area contributed by atoms with Gasteiger partial charge in [-0.1, -0.05) is 0 Å². The zero-order valence-corrected chi connectivity index (χ0v) is 16.1. The van der Waals surface area contributed by atoms with E-state index in [0.29, 0.717) is 23.7 Å². The highest BCUT2D eigenvalue weighted by Crippen LogP contribution is 2.24. The average molecular weight is 404 g/mol. The van der Waals surface area contributed by atoms with Crippen LogP contribution in [0.2, 0.25) is 0 Å². The second-order valence-electron chi connectivity index (χ2n) is 6.24. The third-order valence-corrected chi connectivity index (χ3v) is 5.32.